The molecule has 3 aromatic heterocycles. The van der Waals surface area contributed by atoms with Crippen LogP contribution in [0.2, 0.25) is 0 Å². The number of nitrogens with zero attached hydrogens (tertiary/aromatic N) is 5. The van der Waals surface area contributed by atoms with Gasteiger partial charge in [-0.05, 0) is 23.3 Å². The van der Waals surface area contributed by atoms with E-state index in [1.165, 1.54) is 11.6 Å². The molecule has 0 N–H and O–H groups in total. The normalized spacial score (nSPS) is 11.6. The third-order valence-electron chi connectivity index (χ3n) is 5.38. The SMILES string of the molecule is Cn1c(=O)c2c(nc3n(Cc4ccccc4)c(-c4ccc(Br)cc4)cn23)n(C)c1=O. The molecule has 0 atom stereocenters. The Morgan fingerprint density at radius 3 is 2.33 bits per heavy atom. The fourth-order valence-electron chi connectivity index (χ4n) is 3.79. The van der Waals surface area contributed by atoms with Crippen molar-refractivity contribution in [2.45, 2.75) is 6.54 Å². The van der Waals surface area contributed by atoms with E-state index < -0.39 is 5.69 Å². The molecule has 0 saturated carbocycles. The average Bonchev–Trinajstić information content (AvgIpc) is 3.29. The summed E-state index contributed by atoms with van der Waals surface area (Å²) in [6.45, 7) is 0.584. The molecule has 0 unspecified atom stereocenters. The molecule has 0 fully saturated rings. The molecule has 0 aliphatic carbocycles. The van der Waals surface area contributed by atoms with Gasteiger partial charge in [-0.1, -0.05) is 58.4 Å². The summed E-state index contributed by atoms with van der Waals surface area (Å²) in [7, 11) is 3.12. The van der Waals surface area contributed by atoms with Crippen LogP contribution in [0.3, 0.4) is 0 Å². The fourth-order valence-corrected chi connectivity index (χ4v) is 4.05. The average molecular weight is 464 g/mol. The summed E-state index contributed by atoms with van der Waals surface area (Å²) < 4.78 is 7.38. The van der Waals surface area contributed by atoms with Crippen molar-refractivity contribution in [2.75, 3.05) is 0 Å². The van der Waals surface area contributed by atoms with Crippen molar-refractivity contribution >= 4 is 32.9 Å². The van der Waals surface area contributed by atoms with Crippen LogP contribution in [0.25, 0.3) is 28.2 Å². The zero-order valence-corrected chi connectivity index (χ0v) is 18.0. The summed E-state index contributed by atoms with van der Waals surface area (Å²) in [4.78, 5) is 30.0. The monoisotopic (exact) mass is 463 g/mol. The summed E-state index contributed by atoms with van der Waals surface area (Å²) in [6, 6.07) is 18.1. The molecule has 0 amide bonds. The second-order valence-electron chi connectivity index (χ2n) is 7.25. The van der Waals surface area contributed by atoms with Gasteiger partial charge in [-0.15, -0.1) is 0 Å². The van der Waals surface area contributed by atoms with E-state index >= 15 is 0 Å². The molecule has 5 aromatic rings. The molecular formula is C22H18BrN5O2. The molecule has 8 heteroatoms. The minimum absolute atomic E-state index is 0.361. The van der Waals surface area contributed by atoms with Crippen molar-refractivity contribution < 1.29 is 0 Å². The first-order chi connectivity index (χ1) is 14.5. The number of hydrogen-bond donors (Lipinski definition) is 0. The highest BCUT2D eigenvalue weighted by Gasteiger charge is 2.21. The highest BCUT2D eigenvalue weighted by molar-refractivity contribution is 9.10. The summed E-state index contributed by atoms with van der Waals surface area (Å²) in [6.07, 6.45) is 1.92. The maximum Gasteiger partial charge on any atom is 0.332 e. The number of hydrogen-bond acceptors (Lipinski definition) is 3. The molecular weight excluding hydrogens is 446 g/mol. The molecule has 5 rings (SSSR count). The van der Waals surface area contributed by atoms with E-state index in [2.05, 4.69) is 32.6 Å². The third kappa shape index (κ3) is 2.75. The predicted molar refractivity (Wildman–Crippen MR) is 120 cm³/mol. The zero-order chi connectivity index (χ0) is 21.0. The van der Waals surface area contributed by atoms with Crippen molar-refractivity contribution in [1.29, 1.82) is 0 Å². The van der Waals surface area contributed by atoms with Gasteiger partial charge in [0.25, 0.3) is 5.56 Å². The minimum atomic E-state index is -0.393. The molecule has 0 bridgehead atoms. The highest BCUT2D eigenvalue weighted by Crippen LogP contribution is 2.27. The van der Waals surface area contributed by atoms with E-state index in [9.17, 15) is 9.59 Å². The van der Waals surface area contributed by atoms with Crippen molar-refractivity contribution in [3.05, 3.63) is 91.7 Å². The fraction of sp³-hybridized carbons (Fsp3) is 0.136. The van der Waals surface area contributed by atoms with E-state index in [4.69, 9.17) is 4.98 Å². The summed E-state index contributed by atoms with van der Waals surface area (Å²) in [5.74, 6) is 0.616. The maximum absolute atomic E-state index is 12.9. The Morgan fingerprint density at radius 1 is 0.933 bits per heavy atom. The van der Waals surface area contributed by atoms with E-state index in [0.29, 0.717) is 23.5 Å². The first-order valence-corrected chi connectivity index (χ1v) is 10.2. The molecule has 30 heavy (non-hydrogen) atoms. The Balaban J connectivity index is 1.87. The lowest BCUT2D eigenvalue weighted by atomic mass is 10.1. The molecule has 3 heterocycles. The topological polar surface area (TPSA) is 66.2 Å². The lowest BCUT2D eigenvalue weighted by Gasteiger charge is -2.09. The van der Waals surface area contributed by atoms with Crippen LogP contribution in [0.5, 0.6) is 0 Å². The van der Waals surface area contributed by atoms with Gasteiger partial charge in [-0.25, -0.2) is 4.79 Å². The van der Waals surface area contributed by atoms with Crippen LogP contribution in [-0.4, -0.2) is 23.1 Å². The number of aryl methyl sites for hydroxylation is 1. The van der Waals surface area contributed by atoms with Crippen LogP contribution in [0.1, 0.15) is 5.56 Å². The minimum Gasteiger partial charge on any atom is -0.305 e. The van der Waals surface area contributed by atoms with Crippen molar-refractivity contribution in [1.82, 2.24) is 23.1 Å². The predicted octanol–water partition coefficient (Wildman–Crippen LogP) is 3.16. The summed E-state index contributed by atoms with van der Waals surface area (Å²) in [5.41, 5.74) is 3.07. The largest absolute Gasteiger partial charge is 0.332 e. The van der Waals surface area contributed by atoms with Crippen molar-refractivity contribution in [2.24, 2.45) is 14.1 Å². The Morgan fingerprint density at radius 2 is 1.63 bits per heavy atom. The maximum atomic E-state index is 12.9. The Hall–Kier alpha value is -3.39. The van der Waals surface area contributed by atoms with Gasteiger partial charge in [0, 0.05) is 24.8 Å². The van der Waals surface area contributed by atoms with Crippen LogP contribution >= 0.6 is 15.9 Å². The molecule has 2 aromatic carbocycles. The van der Waals surface area contributed by atoms with Crippen LogP contribution in [-0.2, 0) is 20.6 Å². The molecule has 0 aliphatic rings. The Labute approximate surface area is 179 Å². The van der Waals surface area contributed by atoms with Crippen LogP contribution in [0.4, 0.5) is 0 Å². The van der Waals surface area contributed by atoms with Gasteiger partial charge in [0.1, 0.15) is 0 Å². The van der Waals surface area contributed by atoms with E-state index in [1.54, 1.807) is 11.4 Å². The smallest absolute Gasteiger partial charge is 0.305 e. The molecule has 0 spiro atoms. The number of fused-ring (bicyclic) bond motifs is 3. The van der Waals surface area contributed by atoms with Gasteiger partial charge in [-0.3, -0.25) is 18.3 Å². The summed E-state index contributed by atoms with van der Waals surface area (Å²) >= 11 is 3.48. The second-order valence-corrected chi connectivity index (χ2v) is 8.17. The lowest BCUT2D eigenvalue weighted by molar-refractivity contribution is 0.707. The number of benzene rings is 2. The molecule has 150 valence electrons. The Kier molecular flexibility index (Phi) is 4.25. The molecule has 7 nitrogen and oxygen atoms in total. The second kappa shape index (κ2) is 6.84. The third-order valence-corrected chi connectivity index (χ3v) is 5.91. The number of aromatic nitrogens is 5. The van der Waals surface area contributed by atoms with Gasteiger partial charge in [0.2, 0.25) is 5.78 Å². The van der Waals surface area contributed by atoms with Gasteiger partial charge < -0.3 is 4.57 Å². The first-order valence-electron chi connectivity index (χ1n) is 9.43. The number of rotatable bonds is 3. The van der Waals surface area contributed by atoms with Gasteiger partial charge in [-0.2, -0.15) is 4.98 Å². The van der Waals surface area contributed by atoms with Crippen molar-refractivity contribution in [3.8, 4) is 11.3 Å². The van der Waals surface area contributed by atoms with E-state index in [0.717, 1.165) is 25.9 Å². The molecule has 0 aliphatic heterocycles. The van der Waals surface area contributed by atoms with E-state index in [-0.39, 0.29) is 5.56 Å². The van der Waals surface area contributed by atoms with Crippen LogP contribution in [0, 0.1) is 0 Å². The van der Waals surface area contributed by atoms with Crippen molar-refractivity contribution in [3.63, 3.8) is 0 Å². The van der Waals surface area contributed by atoms with Gasteiger partial charge >= 0.3 is 5.69 Å². The quantitative estimate of drug-likeness (QED) is 0.412. The van der Waals surface area contributed by atoms with Crippen LogP contribution < -0.4 is 11.2 Å². The summed E-state index contributed by atoms with van der Waals surface area (Å²) in [5, 5.41) is 0. The number of halogens is 1. The van der Waals surface area contributed by atoms with Crippen LogP contribution in [0.15, 0.2) is 74.9 Å². The van der Waals surface area contributed by atoms with Gasteiger partial charge in [0.05, 0.1) is 12.2 Å². The molecule has 0 radical (unpaired) electrons. The lowest BCUT2D eigenvalue weighted by Crippen LogP contribution is -2.37. The van der Waals surface area contributed by atoms with E-state index in [1.807, 2.05) is 48.7 Å². The van der Waals surface area contributed by atoms with Gasteiger partial charge in [0.15, 0.2) is 11.2 Å². The number of imidazole rings is 2. The standard InChI is InChI=1S/C22H18BrN5O2/c1-25-19-18(20(29)26(2)22(25)30)28-13-17(15-8-10-16(23)11-9-15)27(21(28)24-19)12-14-6-4-3-5-7-14/h3-11,13H,12H2,1-2H3. The highest BCUT2D eigenvalue weighted by atomic mass is 79.9. The first kappa shape index (κ1) is 18.6. The Bertz CT molecular complexity index is 1520. The zero-order valence-electron chi connectivity index (χ0n) is 16.4. The molecule has 0 saturated heterocycles.